The van der Waals surface area contributed by atoms with Crippen molar-refractivity contribution >= 4 is 23.2 Å². The van der Waals surface area contributed by atoms with E-state index in [0.717, 1.165) is 5.69 Å². The Kier molecular flexibility index (Phi) is 4.06. The van der Waals surface area contributed by atoms with E-state index in [0.29, 0.717) is 17.3 Å². The van der Waals surface area contributed by atoms with Crippen molar-refractivity contribution in [2.45, 2.75) is 19.9 Å². The molecule has 5 nitrogen and oxygen atoms in total. The van der Waals surface area contributed by atoms with Crippen LogP contribution in [0.4, 0.5) is 5.69 Å². The number of hydrogen-bond donors (Lipinski definition) is 2. The Morgan fingerprint density at radius 1 is 1.47 bits per heavy atom. The third-order valence-electron chi connectivity index (χ3n) is 2.77. The lowest BCUT2D eigenvalue weighted by Crippen LogP contribution is -2.15. The van der Waals surface area contributed by atoms with E-state index in [4.69, 9.17) is 11.6 Å². The molecule has 0 saturated carbocycles. The van der Waals surface area contributed by atoms with E-state index in [1.807, 2.05) is 6.92 Å². The fourth-order valence-corrected chi connectivity index (χ4v) is 1.79. The molecule has 0 aliphatic heterocycles. The first kappa shape index (κ1) is 13.4. The number of aromatic nitrogens is 2. The summed E-state index contributed by atoms with van der Waals surface area (Å²) in [7, 11) is 0. The first-order valence-electron chi connectivity index (χ1n) is 5.83. The van der Waals surface area contributed by atoms with Gasteiger partial charge in [-0.05, 0) is 19.1 Å². The zero-order valence-electron chi connectivity index (χ0n) is 10.4. The topological polar surface area (TPSA) is 67.2 Å². The molecule has 6 heteroatoms. The summed E-state index contributed by atoms with van der Waals surface area (Å²) < 4.78 is 1.67. The lowest BCUT2D eigenvalue weighted by molar-refractivity contribution is -0.116. The summed E-state index contributed by atoms with van der Waals surface area (Å²) in [5.74, 6) is -0.137. The van der Waals surface area contributed by atoms with Crippen molar-refractivity contribution in [3.63, 3.8) is 0 Å². The molecule has 0 aliphatic rings. The number of phenolic OH excluding ortho intramolecular Hbond substituents is 1. The van der Waals surface area contributed by atoms with Gasteiger partial charge in [0.2, 0.25) is 5.91 Å². The highest BCUT2D eigenvalue weighted by atomic mass is 35.5. The lowest BCUT2D eigenvalue weighted by Gasteiger charge is -2.07. The third kappa shape index (κ3) is 3.26. The molecule has 100 valence electrons. The van der Waals surface area contributed by atoms with Crippen LogP contribution in [0.3, 0.4) is 0 Å². The first-order chi connectivity index (χ1) is 9.08. The molecule has 0 spiro atoms. The van der Waals surface area contributed by atoms with Gasteiger partial charge in [-0.15, -0.1) is 0 Å². The van der Waals surface area contributed by atoms with Gasteiger partial charge in [-0.1, -0.05) is 23.7 Å². The number of halogens is 1. The van der Waals surface area contributed by atoms with Gasteiger partial charge in [0, 0.05) is 6.42 Å². The van der Waals surface area contributed by atoms with Crippen LogP contribution in [0, 0.1) is 6.92 Å². The third-order valence-corrected chi connectivity index (χ3v) is 3.14. The van der Waals surface area contributed by atoms with Gasteiger partial charge in [-0.2, -0.15) is 5.10 Å². The van der Waals surface area contributed by atoms with Crippen molar-refractivity contribution in [1.82, 2.24) is 9.78 Å². The molecule has 0 saturated heterocycles. The van der Waals surface area contributed by atoms with Crippen LogP contribution in [0.5, 0.6) is 5.75 Å². The minimum absolute atomic E-state index is 0.0502. The van der Waals surface area contributed by atoms with E-state index in [-0.39, 0.29) is 18.1 Å². The van der Waals surface area contributed by atoms with Crippen molar-refractivity contribution in [1.29, 1.82) is 0 Å². The number of nitrogens with zero attached hydrogens (tertiary/aromatic N) is 2. The van der Waals surface area contributed by atoms with E-state index >= 15 is 0 Å². The van der Waals surface area contributed by atoms with Gasteiger partial charge in [0.05, 0.1) is 29.1 Å². The number of para-hydroxylation sites is 2. The van der Waals surface area contributed by atoms with Gasteiger partial charge in [0.25, 0.3) is 0 Å². The molecule has 2 rings (SSSR count). The summed E-state index contributed by atoms with van der Waals surface area (Å²) in [6.45, 7) is 2.29. The molecule has 0 radical (unpaired) electrons. The summed E-state index contributed by atoms with van der Waals surface area (Å²) in [4.78, 5) is 11.8. The average Bonchev–Trinajstić information content (AvgIpc) is 2.70. The molecule has 19 heavy (non-hydrogen) atoms. The number of rotatable bonds is 4. The molecule has 2 N–H and O–H groups in total. The predicted molar refractivity (Wildman–Crippen MR) is 73.3 cm³/mol. The minimum atomic E-state index is -0.187. The van der Waals surface area contributed by atoms with Gasteiger partial charge in [0.1, 0.15) is 5.75 Å². The number of aryl methyl sites for hydroxylation is 1. The maximum Gasteiger partial charge on any atom is 0.226 e. The molecule has 0 aliphatic carbocycles. The summed E-state index contributed by atoms with van der Waals surface area (Å²) in [5, 5.41) is 16.8. The molecule has 0 bridgehead atoms. The van der Waals surface area contributed by atoms with E-state index in [2.05, 4.69) is 10.4 Å². The predicted octanol–water partition coefficient (Wildman–Crippen LogP) is 2.58. The zero-order valence-corrected chi connectivity index (χ0v) is 11.2. The van der Waals surface area contributed by atoms with Gasteiger partial charge in [-0.3, -0.25) is 9.48 Å². The standard InChI is InChI=1S/C13H14ClN3O2/c1-9-10(14)8-15-17(9)7-6-13(19)16-11-4-2-3-5-12(11)18/h2-5,8,18H,6-7H2,1H3,(H,16,19). The van der Waals surface area contributed by atoms with Gasteiger partial charge in [0.15, 0.2) is 0 Å². The summed E-state index contributed by atoms with van der Waals surface area (Å²) >= 11 is 5.88. The first-order valence-corrected chi connectivity index (χ1v) is 6.21. The number of hydrogen-bond acceptors (Lipinski definition) is 3. The highest BCUT2D eigenvalue weighted by molar-refractivity contribution is 6.31. The number of benzene rings is 1. The number of anilines is 1. The van der Waals surface area contributed by atoms with Crippen LogP contribution in [0.15, 0.2) is 30.5 Å². The highest BCUT2D eigenvalue weighted by Crippen LogP contribution is 2.21. The largest absolute Gasteiger partial charge is 0.506 e. The van der Waals surface area contributed by atoms with Crippen molar-refractivity contribution in [3.05, 3.63) is 41.2 Å². The number of aromatic hydroxyl groups is 1. The number of carbonyl (C=O) groups excluding carboxylic acids is 1. The summed E-state index contributed by atoms with van der Waals surface area (Å²) in [6, 6.07) is 6.60. The molecule has 1 heterocycles. The smallest absolute Gasteiger partial charge is 0.226 e. The van der Waals surface area contributed by atoms with E-state index in [9.17, 15) is 9.90 Å². The Labute approximate surface area is 115 Å². The second-order valence-corrected chi connectivity index (χ2v) is 4.52. The van der Waals surface area contributed by atoms with E-state index in [1.165, 1.54) is 6.07 Å². The van der Waals surface area contributed by atoms with Gasteiger partial charge >= 0.3 is 0 Å². The Hall–Kier alpha value is -2.01. The van der Waals surface area contributed by atoms with Crippen molar-refractivity contribution in [2.75, 3.05) is 5.32 Å². The second-order valence-electron chi connectivity index (χ2n) is 4.12. The number of carbonyl (C=O) groups is 1. The lowest BCUT2D eigenvalue weighted by atomic mass is 10.3. The van der Waals surface area contributed by atoms with Crippen LogP contribution in [-0.2, 0) is 11.3 Å². The minimum Gasteiger partial charge on any atom is -0.506 e. The molecular weight excluding hydrogens is 266 g/mol. The van der Waals surface area contributed by atoms with Gasteiger partial charge in [-0.25, -0.2) is 0 Å². The maximum atomic E-state index is 11.8. The Balaban J connectivity index is 1.92. The number of amides is 1. The van der Waals surface area contributed by atoms with Crippen LogP contribution in [0.2, 0.25) is 5.02 Å². The zero-order chi connectivity index (χ0) is 13.8. The fourth-order valence-electron chi connectivity index (χ4n) is 1.65. The van der Waals surface area contributed by atoms with Crippen LogP contribution in [0.1, 0.15) is 12.1 Å². The highest BCUT2D eigenvalue weighted by Gasteiger charge is 2.08. The molecule has 1 amide bonds. The van der Waals surface area contributed by atoms with Crippen molar-refractivity contribution < 1.29 is 9.90 Å². The van der Waals surface area contributed by atoms with Gasteiger partial charge < -0.3 is 10.4 Å². The second kappa shape index (κ2) is 5.75. The normalized spacial score (nSPS) is 10.4. The molecule has 0 fully saturated rings. The summed E-state index contributed by atoms with van der Waals surface area (Å²) in [6.07, 6.45) is 1.81. The van der Waals surface area contributed by atoms with Crippen molar-refractivity contribution in [3.8, 4) is 5.75 Å². The molecular formula is C13H14ClN3O2. The molecule has 0 unspecified atom stereocenters. The molecule has 1 aromatic carbocycles. The number of phenols is 1. The summed E-state index contributed by atoms with van der Waals surface area (Å²) in [5.41, 5.74) is 1.24. The fraction of sp³-hybridized carbons (Fsp3) is 0.231. The quantitative estimate of drug-likeness (QED) is 0.845. The SMILES string of the molecule is Cc1c(Cl)cnn1CCC(=O)Nc1ccccc1O. The Morgan fingerprint density at radius 3 is 2.84 bits per heavy atom. The molecule has 1 aromatic heterocycles. The van der Waals surface area contributed by atoms with Crippen LogP contribution >= 0.6 is 11.6 Å². The Morgan fingerprint density at radius 2 is 2.21 bits per heavy atom. The van der Waals surface area contributed by atoms with Crippen molar-refractivity contribution in [2.24, 2.45) is 0 Å². The Bertz CT molecular complexity index is 595. The molecule has 2 aromatic rings. The number of nitrogens with one attached hydrogen (secondary N) is 1. The maximum absolute atomic E-state index is 11.8. The average molecular weight is 280 g/mol. The van der Waals surface area contributed by atoms with Crippen LogP contribution in [0.25, 0.3) is 0 Å². The van der Waals surface area contributed by atoms with E-state index < -0.39 is 0 Å². The van der Waals surface area contributed by atoms with Crippen LogP contribution in [-0.4, -0.2) is 20.8 Å². The molecule has 0 atom stereocenters. The van der Waals surface area contributed by atoms with Crippen LogP contribution < -0.4 is 5.32 Å². The van der Waals surface area contributed by atoms with E-state index in [1.54, 1.807) is 29.1 Å². The monoisotopic (exact) mass is 279 g/mol.